The Bertz CT molecular complexity index is 821. The Hall–Kier alpha value is -2.05. The molecule has 2 rings (SSSR count). The van der Waals surface area contributed by atoms with Gasteiger partial charge in [0.25, 0.3) is 0 Å². The van der Waals surface area contributed by atoms with E-state index >= 15 is 0 Å². The fourth-order valence-electron chi connectivity index (χ4n) is 2.17. The first-order valence-corrected chi connectivity index (χ1v) is 9.33. The van der Waals surface area contributed by atoms with Crippen LogP contribution in [0.15, 0.2) is 53.4 Å². The average molecular weight is 368 g/mol. The molecule has 1 N–H and O–H groups in total. The topological polar surface area (TPSA) is 72.5 Å². The molecule has 0 aliphatic carbocycles. The van der Waals surface area contributed by atoms with E-state index in [0.29, 0.717) is 5.75 Å². The Morgan fingerprint density at radius 1 is 1.12 bits per heavy atom. The minimum atomic E-state index is -3.60. The van der Waals surface area contributed by atoms with Gasteiger partial charge >= 0.3 is 0 Å². The molecule has 24 heavy (non-hydrogen) atoms. The molecule has 0 radical (unpaired) electrons. The van der Waals surface area contributed by atoms with E-state index in [9.17, 15) is 13.2 Å². The van der Waals surface area contributed by atoms with E-state index in [1.54, 1.807) is 25.3 Å². The van der Waals surface area contributed by atoms with Crippen LogP contribution in [0.5, 0.6) is 5.75 Å². The van der Waals surface area contributed by atoms with Crippen molar-refractivity contribution < 1.29 is 17.9 Å². The molecule has 2 aromatic rings. The van der Waals surface area contributed by atoms with Crippen molar-refractivity contribution in [2.75, 3.05) is 12.9 Å². The summed E-state index contributed by atoms with van der Waals surface area (Å²) < 4.78 is 29.7. The van der Waals surface area contributed by atoms with Gasteiger partial charge in [0.15, 0.2) is 9.84 Å². The molecule has 0 atom stereocenters. The third-order valence-corrected chi connectivity index (χ3v) is 5.65. The first kappa shape index (κ1) is 18.3. The molecule has 0 unspecified atom stereocenters. The van der Waals surface area contributed by atoms with Gasteiger partial charge in [-0.1, -0.05) is 41.9 Å². The molecule has 5 nitrogen and oxygen atoms in total. The lowest BCUT2D eigenvalue weighted by atomic mass is 10.2. The first-order chi connectivity index (χ1) is 11.4. The van der Waals surface area contributed by atoms with Crippen LogP contribution in [0.25, 0.3) is 0 Å². The Labute approximate surface area is 146 Å². The third-order valence-electron chi connectivity index (χ3n) is 3.44. The van der Waals surface area contributed by atoms with Crippen molar-refractivity contribution in [3.05, 3.63) is 59.1 Å². The largest absolute Gasteiger partial charge is 0.496 e. The number of amides is 1. The van der Waals surface area contributed by atoms with Crippen molar-refractivity contribution in [1.82, 2.24) is 5.32 Å². The molecule has 0 aliphatic rings. The number of carbonyl (C=O) groups is 1. The second-order valence-electron chi connectivity index (χ2n) is 5.09. The van der Waals surface area contributed by atoms with Crippen LogP contribution in [0.3, 0.4) is 0 Å². The maximum Gasteiger partial charge on any atom is 0.221 e. The monoisotopic (exact) mass is 367 g/mol. The normalized spacial score (nSPS) is 11.1. The quantitative estimate of drug-likeness (QED) is 0.816. The van der Waals surface area contributed by atoms with Crippen LogP contribution < -0.4 is 10.1 Å². The highest BCUT2D eigenvalue weighted by Crippen LogP contribution is 2.22. The second-order valence-corrected chi connectivity index (χ2v) is 7.57. The SMILES string of the molecule is COc1ccccc1CNC(=O)CCS(=O)(=O)c1ccccc1Cl. The minimum absolute atomic E-state index is 0.0456. The van der Waals surface area contributed by atoms with Gasteiger partial charge in [-0.25, -0.2) is 8.42 Å². The Kier molecular flexibility index (Phi) is 6.23. The van der Waals surface area contributed by atoms with Crippen LogP contribution in [0.2, 0.25) is 5.02 Å². The number of methoxy groups -OCH3 is 1. The summed E-state index contributed by atoms with van der Waals surface area (Å²) in [6, 6.07) is 13.5. The zero-order chi connectivity index (χ0) is 17.6. The number of hydrogen-bond acceptors (Lipinski definition) is 4. The van der Waals surface area contributed by atoms with Crippen molar-refractivity contribution in [1.29, 1.82) is 0 Å². The molecule has 2 aromatic carbocycles. The molecule has 0 bridgehead atoms. The lowest BCUT2D eigenvalue weighted by Gasteiger charge is -2.10. The maximum atomic E-state index is 12.2. The second kappa shape index (κ2) is 8.17. The number of sulfone groups is 1. The maximum absolute atomic E-state index is 12.2. The highest BCUT2D eigenvalue weighted by Gasteiger charge is 2.19. The molecular formula is C17H18ClNO4S. The molecule has 0 saturated carbocycles. The fourth-order valence-corrected chi connectivity index (χ4v) is 3.98. The van der Waals surface area contributed by atoms with Crippen LogP contribution in [0.1, 0.15) is 12.0 Å². The van der Waals surface area contributed by atoms with Gasteiger partial charge in [-0.15, -0.1) is 0 Å². The number of para-hydroxylation sites is 1. The number of benzene rings is 2. The molecule has 0 saturated heterocycles. The van der Waals surface area contributed by atoms with Crippen molar-refractivity contribution in [2.45, 2.75) is 17.9 Å². The number of carbonyl (C=O) groups excluding carboxylic acids is 1. The number of hydrogen-bond donors (Lipinski definition) is 1. The molecule has 0 spiro atoms. The fraction of sp³-hybridized carbons (Fsp3) is 0.235. The van der Waals surface area contributed by atoms with Crippen molar-refractivity contribution in [3.8, 4) is 5.75 Å². The highest BCUT2D eigenvalue weighted by atomic mass is 35.5. The van der Waals surface area contributed by atoms with Crippen LogP contribution >= 0.6 is 11.6 Å². The number of halogens is 1. The first-order valence-electron chi connectivity index (χ1n) is 7.30. The summed E-state index contributed by atoms with van der Waals surface area (Å²) in [6.07, 6.45) is -0.136. The third kappa shape index (κ3) is 4.72. The summed E-state index contributed by atoms with van der Waals surface area (Å²) in [5.74, 6) is 0.0205. The standard InChI is InChI=1S/C17H18ClNO4S/c1-23-15-8-4-2-6-13(15)12-19-17(20)10-11-24(21,22)16-9-5-3-7-14(16)18/h2-9H,10-12H2,1H3,(H,19,20). The summed E-state index contributed by atoms with van der Waals surface area (Å²) in [5.41, 5.74) is 0.822. The predicted octanol–water partition coefficient (Wildman–Crippen LogP) is 2.83. The summed E-state index contributed by atoms with van der Waals surface area (Å²) in [5, 5.41) is 2.86. The summed E-state index contributed by atoms with van der Waals surface area (Å²) in [4.78, 5) is 12.0. The van der Waals surface area contributed by atoms with Gasteiger partial charge < -0.3 is 10.1 Å². The summed E-state index contributed by atoms with van der Waals surface area (Å²) in [7, 11) is -2.05. The lowest BCUT2D eigenvalue weighted by Crippen LogP contribution is -2.25. The van der Waals surface area contributed by atoms with E-state index in [4.69, 9.17) is 16.3 Å². The molecule has 0 heterocycles. The molecule has 0 fully saturated rings. The van der Waals surface area contributed by atoms with E-state index in [-0.39, 0.29) is 34.5 Å². The van der Waals surface area contributed by atoms with Crippen molar-refractivity contribution in [3.63, 3.8) is 0 Å². The van der Waals surface area contributed by atoms with Gasteiger partial charge in [0, 0.05) is 18.5 Å². The Morgan fingerprint density at radius 3 is 2.50 bits per heavy atom. The zero-order valence-electron chi connectivity index (χ0n) is 13.2. The van der Waals surface area contributed by atoms with Gasteiger partial charge in [-0.05, 0) is 18.2 Å². The van der Waals surface area contributed by atoms with Gasteiger partial charge in [-0.3, -0.25) is 4.79 Å². The lowest BCUT2D eigenvalue weighted by molar-refractivity contribution is -0.120. The molecule has 0 aliphatic heterocycles. The van der Waals surface area contributed by atoms with E-state index < -0.39 is 9.84 Å². The molecule has 0 aromatic heterocycles. The average Bonchev–Trinajstić information content (AvgIpc) is 2.58. The number of ether oxygens (including phenoxy) is 1. The van der Waals surface area contributed by atoms with Crippen molar-refractivity contribution in [2.24, 2.45) is 0 Å². The highest BCUT2D eigenvalue weighted by molar-refractivity contribution is 7.91. The van der Waals surface area contributed by atoms with Crippen LogP contribution in [-0.4, -0.2) is 27.2 Å². The van der Waals surface area contributed by atoms with E-state index in [1.165, 1.54) is 12.1 Å². The van der Waals surface area contributed by atoms with Gasteiger partial charge in [0.2, 0.25) is 5.91 Å². The zero-order valence-corrected chi connectivity index (χ0v) is 14.7. The van der Waals surface area contributed by atoms with Crippen LogP contribution in [0, 0.1) is 0 Å². The molecule has 7 heteroatoms. The van der Waals surface area contributed by atoms with E-state index in [1.807, 2.05) is 18.2 Å². The number of rotatable bonds is 7. The van der Waals surface area contributed by atoms with E-state index in [0.717, 1.165) is 5.56 Å². The summed E-state index contributed by atoms with van der Waals surface area (Å²) in [6.45, 7) is 0.273. The van der Waals surface area contributed by atoms with Crippen LogP contribution in [-0.2, 0) is 21.2 Å². The molecule has 1 amide bonds. The predicted molar refractivity (Wildman–Crippen MR) is 93.0 cm³/mol. The smallest absolute Gasteiger partial charge is 0.221 e. The van der Waals surface area contributed by atoms with Gasteiger partial charge in [0.05, 0.1) is 22.8 Å². The van der Waals surface area contributed by atoms with E-state index in [2.05, 4.69) is 5.32 Å². The molecule has 128 valence electrons. The van der Waals surface area contributed by atoms with Gasteiger partial charge in [-0.2, -0.15) is 0 Å². The number of nitrogens with one attached hydrogen (secondary N) is 1. The minimum Gasteiger partial charge on any atom is -0.496 e. The molecular weight excluding hydrogens is 350 g/mol. The summed E-state index contributed by atoms with van der Waals surface area (Å²) >= 11 is 5.91. The van der Waals surface area contributed by atoms with Gasteiger partial charge in [0.1, 0.15) is 5.75 Å². The van der Waals surface area contributed by atoms with Crippen LogP contribution in [0.4, 0.5) is 0 Å². The Balaban J connectivity index is 1.93. The Morgan fingerprint density at radius 2 is 1.79 bits per heavy atom. The van der Waals surface area contributed by atoms with Crippen molar-refractivity contribution >= 4 is 27.3 Å².